The fourth-order valence-corrected chi connectivity index (χ4v) is 6.49. The Morgan fingerprint density at radius 1 is 0.792 bits per heavy atom. The van der Waals surface area contributed by atoms with Crippen molar-refractivity contribution < 1.29 is 61.4 Å². The summed E-state index contributed by atoms with van der Waals surface area (Å²) < 4.78 is 123. The van der Waals surface area contributed by atoms with E-state index in [0.29, 0.717) is 0 Å². The Hall–Kier alpha value is -4.55. The van der Waals surface area contributed by atoms with Crippen LogP contribution in [0.3, 0.4) is 0 Å². The molecule has 22 heteroatoms. The highest BCUT2D eigenvalue weighted by molar-refractivity contribution is 7.91. The summed E-state index contributed by atoms with van der Waals surface area (Å²) >= 11 is 0. The van der Waals surface area contributed by atoms with Gasteiger partial charge in [0, 0.05) is 17.3 Å². The number of aromatic hydroxyl groups is 1. The first-order chi connectivity index (χ1) is 22.2. The number of hydrogen-bond donors (Lipinski definition) is 6. The number of carbonyl (C=O) groups is 1. The van der Waals surface area contributed by atoms with Crippen LogP contribution in [-0.2, 0) is 44.7 Å². The molecule has 0 aromatic heterocycles. The van der Waals surface area contributed by atoms with Gasteiger partial charge in [0.2, 0.25) is 0 Å². The number of amides is 1. The van der Waals surface area contributed by atoms with Crippen LogP contribution >= 0.6 is 0 Å². The summed E-state index contributed by atoms with van der Waals surface area (Å²) in [5.74, 6) is -3.04. The Morgan fingerprint density at radius 3 is 2.10 bits per heavy atom. The molecule has 0 bridgehead atoms. The maximum absolute atomic E-state index is 12.8. The van der Waals surface area contributed by atoms with Gasteiger partial charge in [0.1, 0.15) is 17.3 Å². The number of hydrogen-bond acceptors (Lipinski definition) is 14. The first-order valence-corrected chi connectivity index (χ1v) is 19.0. The van der Waals surface area contributed by atoms with Gasteiger partial charge < -0.3 is 15.7 Å². The molecular weight excluding hydrogens is 721 g/mol. The normalized spacial score (nSPS) is 12.7. The van der Waals surface area contributed by atoms with E-state index in [0.717, 1.165) is 18.2 Å². The molecule has 0 unspecified atom stereocenters. The minimum Gasteiger partial charge on any atom is -0.507 e. The van der Waals surface area contributed by atoms with Gasteiger partial charge in [0.05, 0.1) is 38.9 Å². The fraction of sp³-hybridized carbons (Fsp3) is 0.115. The average Bonchev–Trinajstić information content (AvgIpc) is 2.97. The largest absolute Gasteiger partial charge is 0.507 e. The standard InChI is InChI=1S/C26H24N4O14S4/c31-23-14-21(47(38,39)40)12-17-6-9-22(27-15-46(35,36)37)25(24(17)23)30-29-18-7-4-16(5-8-18)26(32)28-19-2-1-3-20(13-19)45(33,34)11-10-44-48(41,42)43/h1-9,12-14,27,31H,10-11,15H2,(H,28,32)(H,35,36,37)(H,38,39,40)(H,41,42,43). The van der Waals surface area contributed by atoms with Gasteiger partial charge in [-0.1, -0.05) is 12.1 Å². The van der Waals surface area contributed by atoms with Crippen molar-refractivity contribution >= 4 is 79.9 Å². The molecule has 0 aliphatic heterocycles. The number of nitrogens with one attached hydrogen (secondary N) is 2. The molecule has 48 heavy (non-hydrogen) atoms. The zero-order chi connectivity index (χ0) is 35.5. The van der Waals surface area contributed by atoms with Crippen LogP contribution in [0.25, 0.3) is 10.8 Å². The lowest BCUT2D eigenvalue weighted by Gasteiger charge is -2.12. The van der Waals surface area contributed by atoms with E-state index >= 15 is 0 Å². The van der Waals surface area contributed by atoms with Gasteiger partial charge in [-0.25, -0.2) is 12.6 Å². The van der Waals surface area contributed by atoms with Crippen LogP contribution in [0, 0.1) is 0 Å². The summed E-state index contributed by atoms with van der Waals surface area (Å²) in [5.41, 5.74) is 0.124. The highest BCUT2D eigenvalue weighted by Crippen LogP contribution is 2.41. The molecular formula is C26H24N4O14S4. The molecule has 18 nitrogen and oxygen atoms in total. The predicted octanol–water partition coefficient (Wildman–Crippen LogP) is 3.31. The van der Waals surface area contributed by atoms with Crippen molar-refractivity contribution in [3.05, 3.63) is 78.4 Å². The monoisotopic (exact) mass is 744 g/mol. The molecule has 0 saturated carbocycles. The Kier molecular flexibility index (Phi) is 10.5. The highest BCUT2D eigenvalue weighted by atomic mass is 32.3. The van der Waals surface area contributed by atoms with Crippen molar-refractivity contribution in [2.45, 2.75) is 9.79 Å². The number of fused-ring (bicyclic) bond motifs is 1. The van der Waals surface area contributed by atoms with Crippen molar-refractivity contribution in [2.75, 3.05) is 28.9 Å². The number of phenols is 1. The van der Waals surface area contributed by atoms with Crippen LogP contribution in [0.5, 0.6) is 5.75 Å². The number of nitrogens with zero attached hydrogens (tertiary/aromatic N) is 2. The number of azo groups is 1. The van der Waals surface area contributed by atoms with Crippen LogP contribution in [-0.4, -0.2) is 76.6 Å². The second-order valence-corrected chi connectivity index (χ2v) is 15.8. The third-order valence-electron chi connectivity index (χ3n) is 6.22. The quantitative estimate of drug-likeness (QED) is 0.0845. The molecule has 0 fully saturated rings. The van der Waals surface area contributed by atoms with E-state index in [-0.39, 0.29) is 44.0 Å². The van der Waals surface area contributed by atoms with Crippen molar-refractivity contribution in [3.63, 3.8) is 0 Å². The SMILES string of the molecule is O=C(Nc1cccc(S(=O)(=O)CCOS(=O)(=O)O)c1)c1ccc(N=Nc2c(NCS(=O)(=O)O)ccc3cc(S(=O)(=O)O)cc(O)c23)cc1. The second-order valence-electron chi connectivity index (χ2n) is 9.68. The zero-order valence-corrected chi connectivity index (χ0v) is 27.2. The lowest BCUT2D eigenvalue weighted by molar-refractivity contribution is 0.102. The Bertz CT molecular complexity index is 2360. The second kappa shape index (κ2) is 13.9. The van der Waals surface area contributed by atoms with E-state index in [9.17, 15) is 48.1 Å². The average molecular weight is 745 g/mol. The molecule has 1 amide bonds. The predicted molar refractivity (Wildman–Crippen MR) is 170 cm³/mol. The number of rotatable bonds is 13. The third-order valence-corrected chi connectivity index (χ3v) is 9.70. The molecule has 0 aliphatic carbocycles. The molecule has 4 aromatic carbocycles. The lowest BCUT2D eigenvalue weighted by atomic mass is 10.1. The van der Waals surface area contributed by atoms with E-state index in [2.05, 4.69) is 25.0 Å². The third kappa shape index (κ3) is 9.74. The van der Waals surface area contributed by atoms with E-state index < -0.39 is 75.3 Å². The van der Waals surface area contributed by atoms with Crippen LogP contribution in [0.4, 0.5) is 22.7 Å². The molecule has 0 aliphatic rings. The zero-order valence-electron chi connectivity index (χ0n) is 23.9. The summed E-state index contributed by atoms with van der Waals surface area (Å²) in [4.78, 5) is 12.0. The van der Waals surface area contributed by atoms with Gasteiger partial charge >= 0.3 is 10.4 Å². The summed E-state index contributed by atoms with van der Waals surface area (Å²) in [6.45, 7) is -0.833. The molecule has 0 heterocycles. The highest BCUT2D eigenvalue weighted by Gasteiger charge is 2.20. The summed E-state index contributed by atoms with van der Waals surface area (Å²) in [6.07, 6.45) is 0. The van der Waals surface area contributed by atoms with Crippen molar-refractivity contribution in [3.8, 4) is 5.75 Å². The summed E-state index contributed by atoms with van der Waals surface area (Å²) in [6, 6.07) is 14.8. The smallest absolute Gasteiger partial charge is 0.397 e. The fourth-order valence-electron chi connectivity index (χ4n) is 4.09. The summed E-state index contributed by atoms with van der Waals surface area (Å²) in [5, 5.41) is 23.6. The van der Waals surface area contributed by atoms with Gasteiger partial charge in [0.25, 0.3) is 26.1 Å². The molecule has 0 atom stereocenters. The number of anilines is 2. The first-order valence-electron chi connectivity index (χ1n) is 13.0. The van der Waals surface area contributed by atoms with Gasteiger partial charge in [-0.3, -0.25) is 18.5 Å². The number of sulfone groups is 1. The van der Waals surface area contributed by atoms with Crippen LogP contribution in [0.2, 0.25) is 0 Å². The molecule has 0 spiro atoms. The number of carbonyl (C=O) groups excluding carboxylic acids is 1. The van der Waals surface area contributed by atoms with Crippen molar-refractivity contribution in [1.29, 1.82) is 0 Å². The molecule has 256 valence electrons. The van der Waals surface area contributed by atoms with Crippen LogP contribution in [0.1, 0.15) is 10.4 Å². The van der Waals surface area contributed by atoms with Gasteiger partial charge in [0.15, 0.2) is 9.84 Å². The Labute approximate surface area is 273 Å². The maximum atomic E-state index is 12.8. The Balaban J connectivity index is 1.57. The lowest BCUT2D eigenvalue weighted by Crippen LogP contribution is -2.16. The Morgan fingerprint density at radius 2 is 1.48 bits per heavy atom. The van der Waals surface area contributed by atoms with E-state index in [1.165, 1.54) is 54.6 Å². The minimum absolute atomic E-state index is 0.0371. The van der Waals surface area contributed by atoms with E-state index in [4.69, 9.17) is 9.11 Å². The van der Waals surface area contributed by atoms with E-state index in [1.54, 1.807) is 0 Å². The molecule has 0 radical (unpaired) electrons. The van der Waals surface area contributed by atoms with Gasteiger partial charge in [-0.05, 0) is 60.0 Å². The number of benzene rings is 4. The molecule has 6 N–H and O–H groups in total. The van der Waals surface area contributed by atoms with Gasteiger partial charge in [-0.2, -0.15) is 30.4 Å². The number of phenolic OH excluding ortho intramolecular Hbond substituents is 1. The maximum Gasteiger partial charge on any atom is 0.397 e. The van der Waals surface area contributed by atoms with Crippen LogP contribution < -0.4 is 10.6 Å². The van der Waals surface area contributed by atoms with Gasteiger partial charge in [-0.15, -0.1) is 5.11 Å². The van der Waals surface area contributed by atoms with Crippen molar-refractivity contribution in [2.24, 2.45) is 10.2 Å². The van der Waals surface area contributed by atoms with Crippen molar-refractivity contribution in [1.82, 2.24) is 0 Å². The topological polar surface area (TPSA) is 293 Å². The molecule has 0 saturated heterocycles. The molecule has 4 aromatic rings. The van der Waals surface area contributed by atoms with Crippen LogP contribution in [0.15, 0.2) is 92.8 Å². The molecule has 4 rings (SSSR count). The minimum atomic E-state index is -4.83. The van der Waals surface area contributed by atoms with E-state index in [1.807, 2.05) is 0 Å². The summed E-state index contributed by atoms with van der Waals surface area (Å²) in [7, 11) is -18.1. The first kappa shape index (κ1) is 36.3.